The summed E-state index contributed by atoms with van der Waals surface area (Å²) in [6, 6.07) is 2.08. The molecule has 0 amide bonds. The molecule has 1 aromatic rings. The highest BCUT2D eigenvalue weighted by molar-refractivity contribution is 5.06. The molecular weight excluding hydrogens is 174 g/mol. The Hall–Kier alpha value is -0.540. The van der Waals surface area contributed by atoms with Crippen LogP contribution in [0.2, 0.25) is 0 Å². The van der Waals surface area contributed by atoms with Crippen LogP contribution in [-0.2, 0) is 6.54 Å². The first kappa shape index (κ1) is 11.5. The zero-order valence-electron chi connectivity index (χ0n) is 7.55. The van der Waals surface area contributed by atoms with Gasteiger partial charge in [-0.15, -0.1) is 0 Å². The number of hydrogen-bond acceptors (Lipinski definition) is 2. The maximum atomic E-state index is 5.39. The molecule has 12 heavy (non-hydrogen) atoms. The van der Waals surface area contributed by atoms with Crippen molar-refractivity contribution >= 4 is 0 Å². The van der Waals surface area contributed by atoms with Crippen LogP contribution in [0.4, 0.5) is 0 Å². The molecule has 2 N–H and O–H groups in total. The third kappa shape index (κ3) is 2.83. The topological polar surface area (TPSA) is 43.8 Å². The summed E-state index contributed by atoms with van der Waals surface area (Å²) >= 11 is 0. The molecule has 0 atom stereocenters. The lowest BCUT2D eigenvalue weighted by Crippen LogP contribution is -3.00. The second-order valence-corrected chi connectivity index (χ2v) is 2.79. The van der Waals surface area contributed by atoms with Crippen molar-refractivity contribution in [2.75, 3.05) is 6.54 Å². The molecule has 0 bridgehead atoms. The van der Waals surface area contributed by atoms with Crippen LogP contribution in [0.15, 0.2) is 6.07 Å². The molecular formula is C8H15ClN3-. The second-order valence-electron chi connectivity index (χ2n) is 2.79. The smallest absolute Gasteiger partial charge is 0.0596 e. The average molecular weight is 189 g/mol. The summed E-state index contributed by atoms with van der Waals surface area (Å²) in [6.07, 6.45) is 1.00. The number of aryl methyl sites for hydroxylation is 3. The van der Waals surface area contributed by atoms with Gasteiger partial charge >= 0.3 is 0 Å². The Labute approximate surface area is 79.4 Å². The van der Waals surface area contributed by atoms with Crippen LogP contribution in [0.5, 0.6) is 0 Å². The minimum atomic E-state index is 0. The van der Waals surface area contributed by atoms with Gasteiger partial charge in [-0.25, -0.2) is 0 Å². The molecule has 1 heterocycles. The van der Waals surface area contributed by atoms with Gasteiger partial charge in [0.2, 0.25) is 0 Å². The number of hydrogen-bond donors (Lipinski definition) is 1. The number of aromatic nitrogens is 2. The average Bonchev–Trinajstić information content (AvgIpc) is 2.26. The molecule has 0 aliphatic rings. The molecule has 0 spiro atoms. The first-order chi connectivity index (χ1) is 5.24. The molecule has 4 heteroatoms. The highest BCUT2D eigenvalue weighted by Crippen LogP contribution is 2.01. The van der Waals surface area contributed by atoms with E-state index in [0.29, 0.717) is 0 Å². The van der Waals surface area contributed by atoms with Gasteiger partial charge in [0.1, 0.15) is 0 Å². The largest absolute Gasteiger partial charge is 1.00 e. The lowest BCUT2D eigenvalue weighted by Gasteiger charge is -2.00. The summed E-state index contributed by atoms with van der Waals surface area (Å²) in [5, 5.41) is 4.31. The van der Waals surface area contributed by atoms with E-state index in [0.717, 1.165) is 25.2 Å². The molecule has 1 rings (SSSR count). The fourth-order valence-electron chi connectivity index (χ4n) is 1.14. The predicted octanol–water partition coefficient (Wildman–Crippen LogP) is -2.15. The molecule has 70 valence electrons. The van der Waals surface area contributed by atoms with Crippen LogP contribution in [0.25, 0.3) is 0 Å². The number of halogens is 1. The standard InChI is InChI=1S/C8H15N3.ClH/c1-7-6-8(2)11(10-7)5-3-4-9;/h6H,3-5,9H2,1-2H3;1H/p-1. The fraction of sp³-hybridized carbons (Fsp3) is 0.625. The number of nitrogens with zero attached hydrogens (tertiary/aromatic N) is 2. The van der Waals surface area contributed by atoms with Crippen LogP contribution in [0.3, 0.4) is 0 Å². The van der Waals surface area contributed by atoms with Crippen molar-refractivity contribution in [3.8, 4) is 0 Å². The summed E-state index contributed by atoms with van der Waals surface area (Å²) in [6.45, 7) is 5.75. The molecule has 0 aromatic carbocycles. The molecule has 0 aliphatic carbocycles. The molecule has 0 aliphatic heterocycles. The van der Waals surface area contributed by atoms with Crippen LogP contribution in [0, 0.1) is 13.8 Å². The van der Waals surface area contributed by atoms with E-state index in [-0.39, 0.29) is 12.4 Å². The number of rotatable bonds is 3. The summed E-state index contributed by atoms with van der Waals surface area (Å²) in [5.74, 6) is 0. The normalized spacial score (nSPS) is 9.58. The van der Waals surface area contributed by atoms with E-state index in [1.54, 1.807) is 0 Å². The zero-order chi connectivity index (χ0) is 8.27. The molecule has 0 saturated heterocycles. The summed E-state index contributed by atoms with van der Waals surface area (Å²) in [4.78, 5) is 0. The van der Waals surface area contributed by atoms with Gasteiger partial charge in [-0.2, -0.15) is 5.10 Å². The van der Waals surface area contributed by atoms with Gasteiger partial charge in [0.05, 0.1) is 5.69 Å². The van der Waals surface area contributed by atoms with Crippen LogP contribution < -0.4 is 18.1 Å². The lowest BCUT2D eigenvalue weighted by molar-refractivity contribution is -0.00000270. The van der Waals surface area contributed by atoms with Gasteiger partial charge in [0.25, 0.3) is 0 Å². The Balaban J connectivity index is 0.00000121. The van der Waals surface area contributed by atoms with Crippen molar-refractivity contribution in [1.82, 2.24) is 9.78 Å². The van der Waals surface area contributed by atoms with Crippen molar-refractivity contribution in [2.24, 2.45) is 5.73 Å². The van der Waals surface area contributed by atoms with E-state index in [9.17, 15) is 0 Å². The van der Waals surface area contributed by atoms with Crippen molar-refractivity contribution < 1.29 is 12.4 Å². The Morgan fingerprint density at radius 2 is 2.17 bits per heavy atom. The SMILES string of the molecule is Cc1cc(C)n(CCCN)n1.[Cl-]. The van der Waals surface area contributed by atoms with Crippen molar-refractivity contribution in [3.63, 3.8) is 0 Å². The first-order valence-corrected chi connectivity index (χ1v) is 3.95. The van der Waals surface area contributed by atoms with E-state index >= 15 is 0 Å². The minimum absolute atomic E-state index is 0. The fourth-order valence-corrected chi connectivity index (χ4v) is 1.14. The quantitative estimate of drug-likeness (QED) is 0.588. The van der Waals surface area contributed by atoms with Gasteiger partial charge in [-0.1, -0.05) is 0 Å². The highest BCUT2D eigenvalue weighted by Gasteiger charge is 1.98. The van der Waals surface area contributed by atoms with Gasteiger partial charge in [0.15, 0.2) is 0 Å². The summed E-state index contributed by atoms with van der Waals surface area (Å²) < 4.78 is 2.00. The van der Waals surface area contributed by atoms with E-state index in [2.05, 4.69) is 18.1 Å². The Bertz CT molecular complexity index is 232. The predicted molar refractivity (Wildman–Crippen MR) is 45.4 cm³/mol. The maximum absolute atomic E-state index is 5.39. The van der Waals surface area contributed by atoms with Gasteiger partial charge in [0, 0.05) is 12.2 Å². The molecule has 3 nitrogen and oxygen atoms in total. The number of nitrogens with two attached hydrogens (primary N) is 1. The van der Waals surface area contributed by atoms with Crippen LogP contribution >= 0.6 is 0 Å². The highest BCUT2D eigenvalue weighted by atomic mass is 35.5. The lowest BCUT2D eigenvalue weighted by atomic mass is 10.4. The molecule has 0 unspecified atom stereocenters. The second kappa shape index (κ2) is 5.17. The van der Waals surface area contributed by atoms with E-state index < -0.39 is 0 Å². The maximum Gasteiger partial charge on any atom is 0.0596 e. The first-order valence-electron chi connectivity index (χ1n) is 3.95. The van der Waals surface area contributed by atoms with Crippen LogP contribution in [-0.4, -0.2) is 16.3 Å². The van der Waals surface area contributed by atoms with Gasteiger partial charge < -0.3 is 18.1 Å². The van der Waals surface area contributed by atoms with Crippen LogP contribution in [0.1, 0.15) is 17.8 Å². The monoisotopic (exact) mass is 188 g/mol. The zero-order valence-corrected chi connectivity index (χ0v) is 8.30. The summed E-state index contributed by atoms with van der Waals surface area (Å²) in [5.41, 5.74) is 7.69. The molecule has 0 fully saturated rings. The van der Waals surface area contributed by atoms with Crippen molar-refractivity contribution in [3.05, 3.63) is 17.5 Å². The van der Waals surface area contributed by atoms with Crippen molar-refractivity contribution in [1.29, 1.82) is 0 Å². The molecule has 0 radical (unpaired) electrons. The third-order valence-electron chi connectivity index (χ3n) is 1.68. The van der Waals surface area contributed by atoms with Gasteiger partial charge in [-0.3, -0.25) is 4.68 Å². The van der Waals surface area contributed by atoms with E-state index in [4.69, 9.17) is 5.73 Å². The summed E-state index contributed by atoms with van der Waals surface area (Å²) in [7, 11) is 0. The Morgan fingerprint density at radius 3 is 2.58 bits per heavy atom. The van der Waals surface area contributed by atoms with E-state index in [1.807, 2.05) is 11.6 Å². The third-order valence-corrected chi connectivity index (χ3v) is 1.68. The van der Waals surface area contributed by atoms with E-state index in [1.165, 1.54) is 5.69 Å². The molecule has 1 aromatic heterocycles. The Kier molecular flexibility index (Phi) is 4.93. The minimum Gasteiger partial charge on any atom is -1.00 e. The van der Waals surface area contributed by atoms with Crippen molar-refractivity contribution in [2.45, 2.75) is 26.8 Å². The molecule has 0 saturated carbocycles. The Morgan fingerprint density at radius 1 is 1.50 bits per heavy atom. The van der Waals surface area contributed by atoms with Gasteiger partial charge in [-0.05, 0) is 32.9 Å².